The van der Waals surface area contributed by atoms with Crippen molar-refractivity contribution in [2.24, 2.45) is 7.05 Å². The molecule has 0 bridgehead atoms. The van der Waals surface area contributed by atoms with Gasteiger partial charge in [-0.1, -0.05) is 18.7 Å². The quantitative estimate of drug-likeness (QED) is 0.336. The average molecular weight is 506 g/mol. The molecule has 0 aliphatic carbocycles. The largest absolute Gasteiger partial charge is 0.523 e. The summed E-state index contributed by atoms with van der Waals surface area (Å²) in [5.74, 6) is -0.545. The lowest BCUT2D eigenvalue weighted by molar-refractivity contribution is -0.332. The molecule has 1 aromatic carbocycles. The predicted molar refractivity (Wildman–Crippen MR) is 119 cm³/mol. The Morgan fingerprint density at radius 1 is 1.25 bits per heavy atom. The fourth-order valence-electron chi connectivity index (χ4n) is 4.28. The van der Waals surface area contributed by atoms with Gasteiger partial charge in [0.1, 0.15) is 18.6 Å². The van der Waals surface area contributed by atoms with Crippen LogP contribution in [0.5, 0.6) is 0 Å². The van der Waals surface area contributed by atoms with E-state index < -0.39 is 31.0 Å². The number of anilines is 1. The van der Waals surface area contributed by atoms with Gasteiger partial charge in [0.15, 0.2) is 11.5 Å². The minimum atomic E-state index is -4.84. The molecular formula is C23H19F5N6O2. The minimum Gasteiger partial charge on any atom is -0.418 e. The van der Waals surface area contributed by atoms with Crippen LogP contribution < -0.4 is 4.90 Å². The van der Waals surface area contributed by atoms with Gasteiger partial charge in [0.05, 0.1) is 23.5 Å². The van der Waals surface area contributed by atoms with Gasteiger partial charge in [-0.25, -0.2) is 18.4 Å². The SMILES string of the molecule is C=Cc1ccc(F)c([C@H]2C[C@H](F)CN2c2nn(C)c3ncc(-c4nnc(COC(F)(F)F)o4)cc23)c1. The van der Waals surface area contributed by atoms with Gasteiger partial charge in [0, 0.05) is 25.2 Å². The first-order valence-corrected chi connectivity index (χ1v) is 10.8. The number of halogens is 5. The van der Waals surface area contributed by atoms with E-state index in [0.717, 1.165) is 0 Å². The molecule has 5 rings (SSSR count). The number of alkyl halides is 4. The van der Waals surface area contributed by atoms with Crippen molar-refractivity contribution in [1.29, 1.82) is 0 Å². The molecule has 13 heteroatoms. The van der Waals surface area contributed by atoms with Gasteiger partial charge in [0.25, 0.3) is 0 Å². The van der Waals surface area contributed by atoms with Gasteiger partial charge in [0.2, 0.25) is 11.8 Å². The zero-order valence-corrected chi connectivity index (χ0v) is 18.8. The number of aromatic nitrogens is 5. The van der Waals surface area contributed by atoms with Gasteiger partial charge in [-0.3, -0.25) is 4.74 Å². The molecule has 188 valence electrons. The van der Waals surface area contributed by atoms with E-state index in [1.165, 1.54) is 16.9 Å². The number of rotatable bonds is 6. The standard InChI is InChI=1S/C23H19F5N6O2/c1-3-12-4-5-17(25)15(6-12)18-8-14(24)10-34(18)21-16-7-13(9-29-20(16)33(2)32-21)22-31-30-19(36-22)11-35-23(26,27)28/h3-7,9,14,18H,1,8,10-11H2,2H3/t14-,18+/m0/s1. The molecule has 8 nitrogen and oxygen atoms in total. The van der Waals surface area contributed by atoms with E-state index in [2.05, 4.69) is 31.6 Å². The minimum absolute atomic E-state index is 0.0156. The maximum Gasteiger partial charge on any atom is 0.523 e. The number of nitrogens with zero attached hydrogens (tertiary/aromatic N) is 6. The van der Waals surface area contributed by atoms with Crippen LogP contribution in [-0.2, 0) is 18.4 Å². The molecule has 0 N–H and O–H groups in total. The van der Waals surface area contributed by atoms with E-state index >= 15 is 0 Å². The summed E-state index contributed by atoms with van der Waals surface area (Å²) in [6.45, 7) is 2.76. The van der Waals surface area contributed by atoms with Crippen LogP contribution in [0.1, 0.15) is 29.5 Å². The fourth-order valence-corrected chi connectivity index (χ4v) is 4.28. The molecule has 0 radical (unpaired) electrons. The molecule has 1 fully saturated rings. The second-order valence-corrected chi connectivity index (χ2v) is 8.26. The maximum atomic E-state index is 14.8. The van der Waals surface area contributed by atoms with E-state index in [0.29, 0.717) is 33.5 Å². The van der Waals surface area contributed by atoms with E-state index in [-0.39, 0.29) is 24.7 Å². The summed E-state index contributed by atoms with van der Waals surface area (Å²) in [4.78, 5) is 6.04. The van der Waals surface area contributed by atoms with Crippen LogP contribution in [0.25, 0.3) is 28.6 Å². The van der Waals surface area contributed by atoms with E-state index in [1.54, 1.807) is 36.2 Å². The highest BCUT2D eigenvalue weighted by molar-refractivity contribution is 5.91. The lowest BCUT2D eigenvalue weighted by Crippen LogP contribution is -2.25. The molecule has 0 spiro atoms. The Balaban J connectivity index is 1.53. The summed E-state index contributed by atoms with van der Waals surface area (Å²) in [5.41, 5.74) is 1.79. The van der Waals surface area contributed by atoms with Gasteiger partial charge in [-0.15, -0.1) is 23.4 Å². The summed E-state index contributed by atoms with van der Waals surface area (Å²) in [7, 11) is 1.66. The van der Waals surface area contributed by atoms with Crippen LogP contribution in [0, 0.1) is 5.82 Å². The Morgan fingerprint density at radius 3 is 2.81 bits per heavy atom. The Morgan fingerprint density at radius 2 is 2.06 bits per heavy atom. The Hall–Kier alpha value is -3.87. The molecule has 0 unspecified atom stereocenters. The van der Waals surface area contributed by atoms with Crippen molar-refractivity contribution in [2.75, 3.05) is 11.4 Å². The molecular weight excluding hydrogens is 487 g/mol. The number of ether oxygens (including phenoxy) is 1. The highest BCUT2D eigenvalue weighted by Crippen LogP contribution is 2.41. The Bertz CT molecular complexity index is 1430. The molecule has 4 aromatic rings. The molecule has 1 aliphatic heterocycles. The molecule has 0 amide bonds. The first kappa shape index (κ1) is 23.9. The van der Waals surface area contributed by atoms with Gasteiger partial charge in [-0.05, 0) is 23.8 Å². The third kappa shape index (κ3) is 4.53. The van der Waals surface area contributed by atoms with Crippen LogP contribution >= 0.6 is 0 Å². The smallest absolute Gasteiger partial charge is 0.418 e. The van der Waals surface area contributed by atoms with Crippen molar-refractivity contribution in [3.05, 3.63) is 59.9 Å². The summed E-state index contributed by atoms with van der Waals surface area (Å²) in [5, 5.41) is 12.3. The number of aryl methyl sites for hydroxylation is 1. The van der Waals surface area contributed by atoms with Gasteiger partial charge >= 0.3 is 6.36 Å². The zero-order valence-electron chi connectivity index (χ0n) is 18.8. The second-order valence-electron chi connectivity index (χ2n) is 8.26. The number of pyridine rings is 1. The highest BCUT2D eigenvalue weighted by Gasteiger charge is 2.37. The topological polar surface area (TPSA) is 82.1 Å². The molecule has 2 atom stereocenters. The van der Waals surface area contributed by atoms with E-state index in [9.17, 15) is 22.0 Å². The summed E-state index contributed by atoms with van der Waals surface area (Å²) in [6.07, 6.45) is -3.01. The molecule has 0 saturated carbocycles. The van der Waals surface area contributed by atoms with Crippen molar-refractivity contribution in [1.82, 2.24) is 25.0 Å². The number of hydrogen-bond acceptors (Lipinski definition) is 7. The van der Waals surface area contributed by atoms with Crippen molar-refractivity contribution in [3.63, 3.8) is 0 Å². The van der Waals surface area contributed by atoms with Crippen molar-refractivity contribution in [3.8, 4) is 11.5 Å². The summed E-state index contributed by atoms with van der Waals surface area (Å²) < 4.78 is 76.8. The second kappa shape index (κ2) is 8.97. The third-order valence-corrected chi connectivity index (χ3v) is 5.87. The van der Waals surface area contributed by atoms with E-state index in [1.807, 2.05) is 0 Å². The summed E-state index contributed by atoms with van der Waals surface area (Å²) >= 11 is 0. The van der Waals surface area contributed by atoms with Gasteiger partial charge < -0.3 is 9.32 Å². The van der Waals surface area contributed by atoms with Crippen molar-refractivity contribution < 1.29 is 31.1 Å². The van der Waals surface area contributed by atoms with Crippen molar-refractivity contribution in [2.45, 2.75) is 31.6 Å². The maximum absolute atomic E-state index is 14.8. The van der Waals surface area contributed by atoms with Crippen molar-refractivity contribution >= 4 is 22.9 Å². The molecule has 3 aromatic heterocycles. The Kier molecular flexibility index (Phi) is 5.94. The van der Waals surface area contributed by atoms with Crippen LogP contribution in [0.15, 0.2) is 41.5 Å². The fraction of sp³-hybridized carbons (Fsp3) is 0.304. The molecule has 4 heterocycles. The highest BCUT2D eigenvalue weighted by atomic mass is 19.4. The van der Waals surface area contributed by atoms with Crippen LogP contribution in [-0.4, -0.2) is 44.0 Å². The lowest BCUT2D eigenvalue weighted by atomic mass is 10.0. The monoisotopic (exact) mass is 506 g/mol. The summed E-state index contributed by atoms with van der Waals surface area (Å²) in [6, 6.07) is 5.53. The first-order valence-electron chi connectivity index (χ1n) is 10.8. The number of hydrogen-bond donors (Lipinski definition) is 0. The number of benzene rings is 1. The lowest BCUT2D eigenvalue weighted by Gasteiger charge is -2.25. The third-order valence-electron chi connectivity index (χ3n) is 5.87. The average Bonchev–Trinajstić information content (AvgIpc) is 3.55. The molecule has 36 heavy (non-hydrogen) atoms. The predicted octanol–water partition coefficient (Wildman–Crippen LogP) is 5.13. The van der Waals surface area contributed by atoms with Crippen LogP contribution in [0.4, 0.5) is 27.8 Å². The van der Waals surface area contributed by atoms with Gasteiger partial charge in [-0.2, -0.15) is 5.10 Å². The van der Waals surface area contributed by atoms with Crippen LogP contribution in [0.2, 0.25) is 0 Å². The number of fused-ring (bicyclic) bond motifs is 1. The molecule has 1 saturated heterocycles. The normalized spacial score (nSPS) is 18.3. The first-order chi connectivity index (χ1) is 17.1. The van der Waals surface area contributed by atoms with E-state index in [4.69, 9.17) is 4.42 Å². The Labute approximate surface area is 201 Å². The zero-order chi connectivity index (χ0) is 25.6. The molecule has 1 aliphatic rings. The van der Waals surface area contributed by atoms with Crippen LogP contribution in [0.3, 0.4) is 0 Å².